The molecule has 0 aliphatic carbocycles. The van der Waals surface area contributed by atoms with E-state index < -0.39 is 6.10 Å². The molecular formula is C15H21FN2O2. The van der Waals surface area contributed by atoms with Gasteiger partial charge in [0.15, 0.2) is 0 Å². The van der Waals surface area contributed by atoms with Gasteiger partial charge in [0, 0.05) is 12.6 Å². The molecule has 1 unspecified atom stereocenters. The molecule has 0 saturated carbocycles. The average molecular weight is 280 g/mol. The first-order valence-electron chi connectivity index (χ1n) is 6.99. The second kappa shape index (κ2) is 6.81. The quantitative estimate of drug-likeness (QED) is 0.856. The van der Waals surface area contributed by atoms with E-state index >= 15 is 0 Å². The van der Waals surface area contributed by atoms with Gasteiger partial charge in [-0.25, -0.2) is 4.39 Å². The third kappa shape index (κ3) is 3.77. The lowest BCUT2D eigenvalue weighted by Gasteiger charge is -2.18. The number of nitrogens with one attached hydrogen (secondary N) is 1. The van der Waals surface area contributed by atoms with Gasteiger partial charge in [-0.1, -0.05) is 18.2 Å². The predicted octanol–water partition coefficient (Wildman–Crippen LogP) is 1.38. The normalized spacial score (nSPS) is 23.6. The first kappa shape index (κ1) is 14.9. The Morgan fingerprint density at radius 3 is 2.90 bits per heavy atom. The molecule has 1 aliphatic rings. The molecule has 20 heavy (non-hydrogen) atoms. The van der Waals surface area contributed by atoms with Crippen LogP contribution in [-0.2, 0) is 16.0 Å². The largest absolute Gasteiger partial charge is 0.364 e. The van der Waals surface area contributed by atoms with Crippen molar-refractivity contribution in [2.75, 3.05) is 6.54 Å². The minimum atomic E-state index is -0.424. The van der Waals surface area contributed by atoms with Crippen LogP contribution in [-0.4, -0.2) is 30.7 Å². The van der Waals surface area contributed by atoms with Gasteiger partial charge in [0.1, 0.15) is 11.9 Å². The maximum Gasteiger partial charge on any atom is 0.249 e. The smallest absolute Gasteiger partial charge is 0.249 e. The third-order valence-electron chi connectivity index (χ3n) is 3.54. The molecule has 1 aromatic carbocycles. The second-order valence-corrected chi connectivity index (χ2v) is 5.26. The molecule has 1 heterocycles. The first-order chi connectivity index (χ1) is 9.60. The highest BCUT2D eigenvalue weighted by molar-refractivity contribution is 5.81. The molecule has 1 aromatic rings. The standard InChI is InChI=1S/C15H21FN2O2/c1-10(8-11-4-2-3-5-13(11)16)18-15(19)14-7-6-12(9-17)20-14/h2-5,10,12,14H,6-9,17H2,1H3,(H,18,19)/t10?,12-,14+/m1/s1. The summed E-state index contributed by atoms with van der Waals surface area (Å²) in [5.41, 5.74) is 6.12. The van der Waals surface area contributed by atoms with E-state index in [1.165, 1.54) is 6.07 Å². The number of ether oxygens (including phenoxy) is 1. The van der Waals surface area contributed by atoms with E-state index in [0.29, 0.717) is 24.9 Å². The van der Waals surface area contributed by atoms with Gasteiger partial charge in [0.25, 0.3) is 0 Å². The molecule has 1 fully saturated rings. The van der Waals surface area contributed by atoms with E-state index in [1.807, 2.05) is 6.92 Å². The van der Waals surface area contributed by atoms with Crippen LogP contribution in [0.15, 0.2) is 24.3 Å². The third-order valence-corrected chi connectivity index (χ3v) is 3.54. The fraction of sp³-hybridized carbons (Fsp3) is 0.533. The lowest BCUT2D eigenvalue weighted by molar-refractivity contribution is -0.132. The van der Waals surface area contributed by atoms with Crippen molar-refractivity contribution in [3.05, 3.63) is 35.6 Å². The Morgan fingerprint density at radius 1 is 1.50 bits per heavy atom. The topological polar surface area (TPSA) is 64.4 Å². The molecule has 3 N–H and O–H groups in total. The number of carbonyl (C=O) groups is 1. The van der Waals surface area contributed by atoms with Gasteiger partial charge in [-0.2, -0.15) is 0 Å². The molecule has 4 nitrogen and oxygen atoms in total. The van der Waals surface area contributed by atoms with Gasteiger partial charge < -0.3 is 15.8 Å². The number of rotatable bonds is 5. The molecule has 2 rings (SSSR count). The summed E-state index contributed by atoms with van der Waals surface area (Å²) in [6.07, 6.45) is 1.53. The van der Waals surface area contributed by atoms with Crippen LogP contribution in [0.1, 0.15) is 25.3 Å². The van der Waals surface area contributed by atoms with Crippen LogP contribution in [0.25, 0.3) is 0 Å². The molecule has 1 saturated heterocycles. The van der Waals surface area contributed by atoms with Crippen molar-refractivity contribution < 1.29 is 13.9 Å². The number of benzene rings is 1. The Kier molecular flexibility index (Phi) is 5.09. The fourth-order valence-electron chi connectivity index (χ4n) is 2.45. The fourth-order valence-corrected chi connectivity index (χ4v) is 2.45. The van der Waals surface area contributed by atoms with Gasteiger partial charge in [-0.3, -0.25) is 4.79 Å². The second-order valence-electron chi connectivity index (χ2n) is 5.26. The molecule has 110 valence electrons. The van der Waals surface area contributed by atoms with E-state index in [4.69, 9.17) is 10.5 Å². The summed E-state index contributed by atoms with van der Waals surface area (Å²) in [7, 11) is 0. The Labute approximate surface area is 118 Å². The summed E-state index contributed by atoms with van der Waals surface area (Å²) in [4.78, 5) is 12.0. The minimum Gasteiger partial charge on any atom is -0.364 e. The van der Waals surface area contributed by atoms with Gasteiger partial charge >= 0.3 is 0 Å². The number of halogens is 1. The van der Waals surface area contributed by atoms with Crippen LogP contribution >= 0.6 is 0 Å². The molecule has 1 amide bonds. The minimum absolute atomic E-state index is 0.0207. The van der Waals surface area contributed by atoms with E-state index in [2.05, 4.69) is 5.32 Å². The lowest BCUT2D eigenvalue weighted by atomic mass is 10.1. The predicted molar refractivity (Wildman–Crippen MR) is 74.7 cm³/mol. The molecule has 3 atom stereocenters. The summed E-state index contributed by atoms with van der Waals surface area (Å²) in [6.45, 7) is 2.30. The summed E-state index contributed by atoms with van der Waals surface area (Å²) in [5, 5.41) is 2.87. The van der Waals surface area contributed by atoms with Gasteiger partial charge in [-0.05, 0) is 37.8 Å². The Hall–Kier alpha value is -1.46. The van der Waals surface area contributed by atoms with Crippen LogP contribution in [0.4, 0.5) is 4.39 Å². The van der Waals surface area contributed by atoms with E-state index in [1.54, 1.807) is 18.2 Å². The van der Waals surface area contributed by atoms with Crippen molar-refractivity contribution >= 4 is 5.91 Å². The highest BCUT2D eigenvalue weighted by Crippen LogP contribution is 2.19. The zero-order valence-corrected chi connectivity index (χ0v) is 11.6. The Balaban J connectivity index is 1.84. The van der Waals surface area contributed by atoms with Crippen LogP contribution in [0.2, 0.25) is 0 Å². The van der Waals surface area contributed by atoms with E-state index in [-0.39, 0.29) is 23.9 Å². The van der Waals surface area contributed by atoms with Crippen LogP contribution in [0.5, 0.6) is 0 Å². The lowest BCUT2D eigenvalue weighted by Crippen LogP contribution is -2.41. The van der Waals surface area contributed by atoms with Crippen LogP contribution in [0, 0.1) is 5.82 Å². The SMILES string of the molecule is CC(Cc1ccccc1F)NC(=O)[C@@H]1CC[C@H](CN)O1. The number of amides is 1. The maximum atomic E-state index is 13.5. The number of hydrogen-bond donors (Lipinski definition) is 2. The molecule has 0 spiro atoms. The first-order valence-corrected chi connectivity index (χ1v) is 6.99. The van der Waals surface area contributed by atoms with Crippen LogP contribution in [0.3, 0.4) is 0 Å². The number of carbonyl (C=O) groups excluding carboxylic acids is 1. The number of hydrogen-bond acceptors (Lipinski definition) is 3. The summed E-state index contributed by atoms with van der Waals surface area (Å²) in [6, 6.07) is 6.46. The Morgan fingerprint density at radius 2 is 2.25 bits per heavy atom. The van der Waals surface area contributed by atoms with E-state index in [9.17, 15) is 9.18 Å². The molecule has 5 heteroatoms. The molecule has 0 radical (unpaired) electrons. The van der Waals surface area contributed by atoms with Crippen molar-refractivity contribution in [2.24, 2.45) is 5.73 Å². The molecule has 0 aromatic heterocycles. The van der Waals surface area contributed by atoms with Crippen molar-refractivity contribution in [3.63, 3.8) is 0 Å². The molecule has 1 aliphatic heterocycles. The van der Waals surface area contributed by atoms with Crippen molar-refractivity contribution in [2.45, 2.75) is 44.4 Å². The zero-order valence-electron chi connectivity index (χ0n) is 11.6. The Bertz CT molecular complexity index is 467. The molecule has 0 bridgehead atoms. The molecular weight excluding hydrogens is 259 g/mol. The number of nitrogens with two attached hydrogens (primary N) is 1. The highest BCUT2D eigenvalue weighted by atomic mass is 19.1. The van der Waals surface area contributed by atoms with Gasteiger partial charge in [-0.15, -0.1) is 0 Å². The van der Waals surface area contributed by atoms with Gasteiger partial charge in [0.05, 0.1) is 6.10 Å². The summed E-state index contributed by atoms with van der Waals surface area (Å²) < 4.78 is 19.1. The van der Waals surface area contributed by atoms with Crippen molar-refractivity contribution in [1.29, 1.82) is 0 Å². The summed E-state index contributed by atoms with van der Waals surface area (Å²) in [5.74, 6) is -0.376. The van der Waals surface area contributed by atoms with Crippen molar-refractivity contribution in [1.82, 2.24) is 5.32 Å². The average Bonchev–Trinajstić information content (AvgIpc) is 2.90. The maximum absolute atomic E-state index is 13.5. The monoisotopic (exact) mass is 280 g/mol. The highest BCUT2D eigenvalue weighted by Gasteiger charge is 2.30. The van der Waals surface area contributed by atoms with Gasteiger partial charge in [0.2, 0.25) is 5.91 Å². The van der Waals surface area contributed by atoms with E-state index in [0.717, 1.165) is 6.42 Å². The van der Waals surface area contributed by atoms with Crippen LogP contribution < -0.4 is 11.1 Å². The van der Waals surface area contributed by atoms with Crippen molar-refractivity contribution in [3.8, 4) is 0 Å². The summed E-state index contributed by atoms with van der Waals surface area (Å²) >= 11 is 0. The zero-order chi connectivity index (χ0) is 14.5.